The second-order valence-corrected chi connectivity index (χ2v) is 12.6. The van der Waals surface area contributed by atoms with Gasteiger partial charge in [-0.15, -0.1) is 0 Å². The highest BCUT2D eigenvalue weighted by Crippen LogP contribution is 2.36. The number of nitrogens with one attached hydrogen (secondary N) is 2. The molecule has 50 heavy (non-hydrogen) atoms. The number of nitrogens with zero attached hydrogens (tertiary/aromatic N) is 2. The summed E-state index contributed by atoms with van der Waals surface area (Å²) < 4.78 is 0. The second kappa shape index (κ2) is 10.8. The van der Waals surface area contributed by atoms with Gasteiger partial charge < -0.3 is 9.97 Å². The van der Waals surface area contributed by atoms with Crippen molar-refractivity contribution in [2.75, 3.05) is 0 Å². The van der Waals surface area contributed by atoms with Crippen LogP contribution in [0.2, 0.25) is 0 Å². The van der Waals surface area contributed by atoms with Crippen molar-refractivity contribution in [2.45, 2.75) is 0 Å². The Bertz CT molecular complexity index is 2920. The minimum atomic E-state index is -0.218. The van der Waals surface area contributed by atoms with Crippen LogP contribution in [0.15, 0.2) is 143 Å². The molecule has 0 spiro atoms. The minimum Gasteiger partial charge on any atom is -0.354 e. The van der Waals surface area contributed by atoms with Crippen molar-refractivity contribution in [2.24, 2.45) is 0 Å². The average Bonchev–Trinajstić information content (AvgIpc) is 4.00. The Morgan fingerprint density at radius 2 is 0.760 bits per heavy atom. The summed E-state index contributed by atoms with van der Waals surface area (Å²) in [6.07, 6.45) is 4.12. The summed E-state index contributed by atoms with van der Waals surface area (Å²) in [4.78, 5) is 46.1. The summed E-state index contributed by atoms with van der Waals surface area (Å²) in [5, 5.41) is 3.98. The average molecular weight is 643 g/mol. The molecule has 0 atom stereocenters. The summed E-state index contributed by atoms with van der Waals surface area (Å²) in [7, 11) is 0. The zero-order valence-corrected chi connectivity index (χ0v) is 26.6. The first kappa shape index (κ1) is 28.1. The van der Waals surface area contributed by atoms with Crippen molar-refractivity contribution in [3.63, 3.8) is 0 Å². The SMILES string of the molecule is O=c1c2ccccc2c2c3ccc([nH]3)c(-c3ccccc3)c3nc(c(-c4ccccc4)c4ccc([nH]4)c4c(nc12)c(=O)c1ccccc14)C=C3. The Morgan fingerprint density at radius 1 is 0.380 bits per heavy atom. The van der Waals surface area contributed by atoms with Crippen molar-refractivity contribution in [3.8, 4) is 22.3 Å². The predicted molar refractivity (Wildman–Crippen MR) is 206 cm³/mol. The van der Waals surface area contributed by atoms with Crippen LogP contribution in [0, 0.1) is 0 Å². The monoisotopic (exact) mass is 642 g/mol. The number of aromatic amines is 2. The third-order valence-electron chi connectivity index (χ3n) is 9.74. The van der Waals surface area contributed by atoms with E-state index >= 15 is 0 Å². The van der Waals surface area contributed by atoms with Gasteiger partial charge in [-0.2, -0.15) is 0 Å². The third kappa shape index (κ3) is 4.15. The van der Waals surface area contributed by atoms with Crippen LogP contribution in [-0.2, 0) is 0 Å². The second-order valence-electron chi connectivity index (χ2n) is 12.6. The fourth-order valence-electron chi connectivity index (χ4n) is 7.51. The van der Waals surface area contributed by atoms with Crippen LogP contribution < -0.4 is 10.9 Å². The number of H-pyrrole nitrogens is 2. The van der Waals surface area contributed by atoms with Crippen molar-refractivity contribution in [3.05, 3.63) is 165 Å². The molecule has 0 unspecified atom stereocenters. The van der Waals surface area contributed by atoms with E-state index in [1.54, 1.807) is 0 Å². The highest BCUT2D eigenvalue weighted by atomic mass is 16.1. The van der Waals surface area contributed by atoms with E-state index in [1.807, 2.05) is 109 Å². The van der Waals surface area contributed by atoms with E-state index in [0.717, 1.165) is 66.5 Å². The minimum absolute atomic E-state index is 0.218. The van der Waals surface area contributed by atoms with Gasteiger partial charge >= 0.3 is 0 Å². The summed E-state index contributed by atoms with van der Waals surface area (Å²) in [6.45, 7) is 0. The van der Waals surface area contributed by atoms with E-state index in [2.05, 4.69) is 46.4 Å². The molecule has 1 aliphatic rings. The van der Waals surface area contributed by atoms with Gasteiger partial charge in [-0.25, -0.2) is 9.97 Å². The molecule has 9 aromatic rings. The van der Waals surface area contributed by atoms with Crippen molar-refractivity contribution < 1.29 is 0 Å². The van der Waals surface area contributed by atoms with Crippen LogP contribution in [-0.4, -0.2) is 19.9 Å². The molecule has 2 N–H and O–H groups in total. The van der Waals surface area contributed by atoms with E-state index in [9.17, 15) is 9.59 Å². The molecule has 6 heteroatoms. The van der Waals surface area contributed by atoms with Gasteiger partial charge in [0.05, 0.1) is 11.4 Å². The van der Waals surface area contributed by atoms with E-state index < -0.39 is 0 Å². The summed E-state index contributed by atoms with van der Waals surface area (Å²) >= 11 is 0. The van der Waals surface area contributed by atoms with Crippen molar-refractivity contribution in [1.82, 2.24) is 19.9 Å². The summed E-state index contributed by atoms with van der Waals surface area (Å²) in [5.74, 6) is 0. The van der Waals surface area contributed by atoms with Crippen LogP contribution >= 0.6 is 0 Å². The first-order valence-corrected chi connectivity index (χ1v) is 16.5. The largest absolute Gasteiger partial charge is 0.354 e. The zero-order chi connectivity index (χ0) is 33.3. The highest BCUT2D eigenvalue weighted by Gasteiger charge is 2.19. The molecule has 1 aliphatic heterocycles. The van der Waals surface area contributed by atoms with Crippen LogP contribution in [0.3, 0.4) is 0 Å². The molecule has 0 aliphatic carbocycles. The maximum Gasteiger partial charge on any atom is 0.212 e. The molecular formula is C44H26N4O2. The first-order chi connectivity index (χ1) is 24.6. The Labute approximate surface area is 284 Å². The summed E-state index contributed by atoms with van der Waals surface area (Å²) in [5.41, 5.74) is 8.67. The quantitative estimate of drug-likeness (QED) is 0.196. The van der Waals surface area contributed by atoms with Gasteiger partial charge in [0.1, 0.15) is 11.0 Å². The molecule has 6 aromatic carbocycles. The number of hydrogen-bond donors (Lipinski definition) is 2. The Morgan fingerprint density at radius 3 is 1.20 bits per heavy atom. The van der Waals surface area contributed by atoms with Crippen molar-refractivity contribution in [1.29, 1.82) is 0 Å². The van der Waals surface area contributed by atoms with E-state index in [4.69, 9.17) is 9.97 Å². The van der Waals surface area contributed by atoms with Crippen LogP contribution in [0.4, 0.5) is 0 Å². The smallest absolute Gasteiger partial charge is 0.212 e. The van der Waals surface area contributed by atoms with Crippen LogP contribution in [0.1, 0.15) is 11.4 Å². The van der Waals surface area contributed by atoms with Gasteiger partial charge in [0.25, 0.3) is 0 Å². The van der Waals surface area contributed by atoms with E-state index in [0.29, 0.717) is 21.5 Å². The van der Waals surface area contributed by atoms with Crippen molar-refractivity contribution >= 4 is 77.6 Å². The lowest BCUT2D eigenvalue weighted by Crippen LogP contribution is -1.99. The van der Waals surface area contributed by atoms with Gasteiger partial charge in [0.15, 0.2) is 0 Å². The standard InChI is InChI=1S/C44H26N4O2/c49-43-29-17-9-7-15-27(29)39-35-23-21-33(46-35)37(25-11-3-1-4-12-25)31-19-20-32(45-31)38(26-13-5-2-6-14-26)34-22-24-36(47-34)40-28-16-8-10-18-30(28)44(50)42(40)48-41(39)43/h1-24,46-47H. The number of fused-ring (bicyclic) bond motifs is 14. The lowest BCUT2D eigenvalue weighted by Gasteiger charge is -2.05. The Hall–Kier alpha value is -6.92. The molecule has 0 saturated heterocycles. The van der Waals surface area contributed by atoms with Gasteiger partial charge in [0, 0.05) is 54.7 Å². The van der Waals surface area contributed by atoms with Crippen LogP contribution in [0.25, 0.3) is 99.8 Å². The molecule has 0 saturated carbocycles. The normalized spacial score (nSPS) is 12.1. The van der Waals surface area contributed by atoms with Gasteiger partial charge in [-0.1, -0.05) is 109 Å². The Kier molecular flexibility index (Phi) is 6.08. The fourth-order valence-corrected chi connectivity index (χ4v) is 7.51. The van der Waals surface area contributed by atoms with Crippen LogP contribution in [0.5, 0.6) is 0 Å². The Balaban J connectivity index is 1.51. The number of hydrogen-bond acceptors (Lipinski definition) is 4. The predicted octanol–water partition coefficient (Wildman–Crippen LogP) is 9.71. The molecular weight excluding hydrogens is 617 g/mol. The topological polar surface area (TPSA) is 91.5 Å². The third-order valence-corrected chi connectivity index (χ3v) is 9.74. The zero-order valence-electron chi connectivity index (χ0n) is 26.6. The maximum absolute atomic E-state index is 14.2. The molecule has 6 nitrogen and oxygen atoms in total. The molecule has 0 radical (unpaired) electrons. The lowest BCUT2D eigenvalue weighted by atomic mass is 10.0. The molecule has 4 heterocycles. The van der Waals surface area contributed by atoms with Gasteiger partial charge in [0.2, 0.25) is 10.9 Å². The molecule has 3 aromatic heterocycles. The van der Waals surface area contributed by atoms with E-state index in [1.165, 1.54) is 0 Å². The molecule has 234 valence electrons. The molecule has 0 fully saturated rings. The lowest BCUT2D eigenvalue weighted by molar-refractivity contribution is 1.32. The molecule has 0 amide bonds. The molecule has 10 rings (SSSR count). The number of benzene rings is 4. The van der Waals surface area contributed by atoms with E-state index in [-0.39, 0.29) is 21.9 Å². The number of aromatic nitrogens is 4. The maximum atomic E-state index is 14.2. The summed E-state index contributed by atoms with van der Waals surface area (Å²) in [6, 6.07) is 43.5. The van der Waals surface area contributed by atoms with Gasteiger partial charge in [-0.05, 0) is 58.3 Å². The first-order valence-electron chi connectivity index (χ1n) is 16.5. The fraction of sp³-hybridized carbons (Fsp3) is 0. The highest BCUT2D eigenvalue weighted by molar-refractivity contribution is 6.20. The number of rotatable bonds is 2. The molecule has 6 bridgehead atoms. The van der Waals surface area contributed by atoms with Gasteiger partial charge in [-0.3, -0.25) is 9.59 Å².